The van der Waals surface area contributed by atoms with Gasteiger partial charge in [0.2, 0.25) is 0 Å². The average Bonchev–Trinajstić information content (AvgIpc) is 2.78. The maximum absolute atomic E-state index is 11.3. The lowest BCUT2D eigenvalue weighted by Crippen LogP contribution is -2.53. The lowest BCUT2D eigenvalue weighted by Gasteiger charge is -2.48. The Bertz CT molecular complexity index is 1010. The summed E-state index contributed by atoms with van der Waals surface area (Å²) in [5, 5.41) is 45.1. The van der Waals surface area contributed by atoms with Crippen LogP contribution in [-0.2, 0) is 11.6 Å². The summed E-state index contributed by atoms with van der Waals surface area (Å²) in [5.41, 5.74) is 1.25. The van der Waals surface area contributed by atoms with Crippen LogP contribution in [0.3, 0.4) is 0 Å². The van der Waals surface area contributed by atoms with Crippen LogP contribution in [0, 0.1) is 11.8 Å². The number of fused-ring (bicyclic) bond motifs is 2. The molecule has 160 valence electrons. The quantitative estimate of drug-likeness (QED) is 0.486. The van der Waals surface area contributed by atoms with Crippen LogP contribution in [0.4, 0.5) is 0 Å². The molecule has 2 aliphatic heterocycles. The Kier molecular flexibility index (Phi) is 4.75. The molecule has 4 N–H and O–H groups in total. The van der Waals surface area contributed by atoms with E-state index in [0.717, 1.165) is 5.56 Å². The molecule has 2 unspecified atom stereocenters. The van der Waals surface area contributed by atoms with Gasteiger partial charge in [0.25, 0.3) is 0 Å². The third-order valence-electron chi connectivity index (χ3n) is 6.49. The van der Waals surface area contributed by atoms with E-state index < -0.39 is 29.3 Å². The summed E-state index contributed by atoms with van der Waals surface area (Å²) in [6, 6.07) is 22.8. The number of ether oxygens (including phenoxy) is 2. The number of rotatable bonds is 3. The zero-order chi connectivity index (χ0) is 21.6. The topological polar surface area (TPSA) is 99.4 Å². The van der Waals surface area contributed by atoms with Crippen LogP contribution in [0.2, 0.25) is 0 Å². The molecule has 2 atom stereocenters. The molecule has 0 saturated heterocycles. The van der Waals surface area contributed by atoms with Crippen LogP contribution in [-0.4, -0.2) is 33.6 Å². The molecule has 0 radical (unpaired) electrons. The van der Waals surface area contributed by atoms with E-state index in [1.54, 1.807) is 48.5 Å². The predicted octanol–water partition coefficient (Wildman–Crippen LogP) is 2.46. The minimum absolute atomic E-state index is 0.00218. The van der Waals surface area contributed by atoms with Crippen molar-refractivity contribution >= 4 is 0 Å². The summed E-state index contributed by atoms with van der Waals surface area (Å²) in [5.74, 6) is -6.09. The van der Waals surface area contributed by atoms with Crippen molar-refractivity contribution in [2.75, 3.05) is 13.2 Å². The van der Waals surface area contributed by atoms with E-state index in [1.807, 2.05) is 30.3 Å². The number of para-hydroxylation sites is 2. The molecule has 0 spiro atoms. The van der Waals surface area contributed by atoms with Gasteiger partial charge >= 0.3 is 0 Å². The highest BCUT2D eigenvalue weighted by atomic mass is 16.5. The van der Waals surface area contributed by atoms with Crippen LogP contribution in [0.5, 0.6) is 11.5 Å². The third-order valence-corrected chi connectivity index (χ3v) is 6.49. The van der Waals surface area contributed by atoms with Crippen molar-refractivity contribution in [2.45, 2.75) is 17.5 Å². The number of hydrogen-bond donors (Lipinski definition) is 4. The zero-order valence-corrected chi connectivity index (χ0v) is 16.8. The summed E-state index contributed by atoms with van der Waals surface area (Å²) < 4.78 is 11.8. The van der Waals surface area contributed by atoms with Gasteiger partial charge in [-0.25, -0.2) is 0 Å². The second kappa shape index (κ2) is 7.35. The third kappa shape index (κ3) is 3.20. The van der Waals surface area contributed by atoms with Crippen molar-refractivity contribution in [2.24, 2.45) is 11.8 Å². The van der Waals surface area contributed by atoms with Gasteiger partial charge in [0.1, 0.15) is 11.5 Å². The lowest BCUT2D eigenvalue weighted by molar-refractivity contribution is -0.267. The van der Waals surface area contributed by atoms with Gasteiger partial charge < -0.3 is 29.9 Å². The Morgan fingerprint density at radius 1 is 0.613 bits per heavy atom. The van der Waals surface area contributed by atoms with Gasteiger partial charge in [0.05, 0.1) is 36.2 Å². The predicted molar refractivity (Wildman–Crippen MR) is 112 cm³/mol. The highest BCUT2D eigenvalue weighted by molar-refractivity contribution is 5.42. The summed E-state index contributed by atoms with van der Waals surface area (Å²) in [4.78, 5) is 0. The first kappa shape index (κ1) is 20.0. The highest BCUT2D eigenvalue weighted by Crippen LogP contribution is 2.52. The summed E-state index contributed by atoms with van der Waals surface area (Å²) in [7, 11) is 0. The molecule has 3 aromatic rings. The van der Waals surface area contributed by atoms with Crippen LogP contribution in [0.15, 0.2) is 78.9 Å². The van der Waals surface area contributed by atoms with Gasteiger partial charge in [0, 0.05) is 5.92 Å². The molecule has 0 fully saturated rings. The largest absolute Gasteiger partial charge is 0.493 e. The lowest BCUT2D eigenvalue weighted by atomic mass is 9.67. The molecule has 0 bridgehead atoms. The van der Waals surface area contributed by atoms with Gasteiger partial charge in [-0.3, -0.25) is 0 Å². The molecular weight excluding hydrogens is 396 g/mol. The minimum Gasteiger partial charge on any atom is -0.493 e. The first-order chi connectivity index (χ1) is 14.9. The molecule has 3 aromatic carbocycles. The van der Waals surface area contributed by atoms with E-state index in [1.165, 1.54) is 0 Å². The smallest absolute Gasteiger partial charge is 0.200 e. The second-order valence-corrected chi connectivity index (χ2v) is 8.22. The minimum atomic E-state index is -2.23. The Hall–Kier alpha value is -2.90. The van der Waals surface area contributed by atoms with Crippen molar-refractivity contribution < 1.29 is 29.9 Å². The van der Waals surface area contributed by atoms with Crippen molar-refractivity contribution in [3.63, 3.8) is 0 Å². The average molecular weight is 420 g/mol. The Morgan fingerprint density at radius 3 is 1.52 bits per heavy atom. The van der Waals surface area contributed by atoms with Crippen LogP contribution < -0.4 is 9.47 Å². The van der Waals surface area contributed by atoms with Crippen LogP contribution >= 0.6 is 0 Å². The van der Waals surface area contributed by atoms with Gasteiger partial charge in [-0.15, -0.1) is 0 Å². The normalized spacial score (nSPS) is 24.1. The zero-order valence-electron chi connectivity index (χ0n) is 16.8. The molecule has 0 amide bonds. The van der Waals surface area contributed by atoms with Crippen molar-refractivity contribution in [1.29, 1.82) is 0 Å². The van der Waals surface area contributed by atoms with Gasteiger partial charge in [0.15, 0.2) is 11.6 Å². The standard InChI is InChI=1S/C25H24O6/c26-24(27)17-10-4-6-12-21(17)30-14-19(24)23(16-8-2-1-3-9-16)20-15-31-22-13-7-5-11-18(22)25(20,28)29/h1-13,19-20,23,26-29H,14-15H2. The fraction of sp³-hybridized carbons (Fsp3) is 0.280. The molecule has 5 rings (SSSR count). The molecule has 0 saturated carbocycles. The molecule has 2 heterocycles. The maximum Gasteiger partial charge on any atom is 0.200 e. The Morgan fingerprint density at radius 2 is 1.03 bits per heavy atom. The fourth-order valence-corrected chi connectivity index (χ4v) is 4.91. The first-order valence-corrected chi connectivity index (χ1v) is 10.3. The van der Waals surface area contributed by atoms with E-state index in [4.69, 9.17) is 9.47 Å². The number of benzene rings is 3. The SMILES string of the molecule is OC1(O)c2ccccc2OCC1C(c1ccccc1)C1COc2ccccc2C1(O)O. The van der Waals surface area contributed by atoms with E-state index >= 15 is 0 Å². The maximum atomic E-state index is 11.3. The van der Waals surface area contributed by atoms with Crippen molar-refractivity contribution in [1.82, 2.24) is 0 Å². The summed E-state index contributed by atoms with van der Waals surface area (Å²) in [6.07, 6.45) is 0. The Labute approximate surface area is 179 Å². The van der Waals surface area contributed by atoms with E-state index in [-0.39, 0.29) is 24.3 Å². The molecule has 0 aromatic heterocycles. The summed E-state index contributed by atoms with van der Waals surface area (Å²) in [6.45, 7) is -0.00436. The Balaban J connectivity index is 1.63. The molecule has 0 aliphatic carbocycles. The van der Waals surface area contributed by atoms with Crippen molar-refractivity contribution in [3.05, 3.63) is 95.6 Å². The van der Waals surface area contributed by atoms with E-state index in [0.29, 0.717) is 11.5 Å². The van der Waals surface area contributed by atoms with Gasteiger partial charge in [-0.05, 0) is 29.8 Å². The van der Waals surface area contributed by atoms with Crippen LogP contribution in [0.1, 0.15) is 22.6 Å². The fourth-order valence-electron chi connectivity index (χ4n) is 4.91. The second-order valence-electron chi connectivity index (χ2n) is 8.22. The molecule has 31 heavy (non-hydrogen) atoms. The molecular formula is C25H24O6. The monoisotopic (exact) mass is 420 g/mol. The highest BCUT2D eigenvalue weighted by Gasteiger charge is 2.55. The van der Waals surface area contributed by atoms with Gasteiger partial charge in [-0.2, -0.15) is 0 Å². The molecule has 2 aliphatic rings. The van der Waals surface area contributed by atoms with Gasteiger partial charge in [-0.1, -0.05) is 54.6 Å². The van der Waals surface area contributed by atoms with Crippen molar-refractivity contribution in [3.8, 4) is 11.5 Å². The summed E-state index contributed by atoms with van der Waals surface area (Å²) >= 11 is 0. The van der Waals surface area contributed by atoms with E-state index in [2.05, 4.69) is 0 Å². The first-order valence-electron chi connectivity index (χ1n) is 10.3. The number of hydrogen-bond acceptors (Lipinski definition) is 6. The number of aliphatic hydroxyl groups is 4. The van der Waals surface area contributed by atoms with Crippen LogP contribution in [0.25, 0.3) is 0 Å². The molecule has 6 heteroatoms. The molecule has 6 nitrogen and oxygen atoms in total. The van der Waals surface area contributed by atoms with E-state index in [9.17, 15) is 20.4 Å².